The van der Waals surface area contributed by atoms with Crippen LogP contribution in [-0.4, -0.2) is 37.8 Å². The molecule has 0 fully saturated rings. The summed E-state index contributed by atoms with van der Waals surface area (Å²) in [6.45, 7) is 1.38. The number of hydrogen-bond donors (Lipinski definition) is 2. The van der Waals surface area contributed by atoms with E-state index in [0.29, 0.717) is 5.88 Å². The molecule has 1 atom stereocenters. The van der Waals surface area contributed by atoms with Crippen molar-refractivity contribution in [2.24, 2.45) is 5.73 Å². The number of rotatable bonds is 4. The van der Waals surface area contributed by atoms with Gasteiger partial charge in [-0.1, -0.05) is 6.07 Å². The zero-order valence-corrected chi connectivity index (χ0v) is 8.55. The number of aliphatic hydroxyl groups excluding tert-OH is 1. The molecular formula is C9H12B2N2O2. The van der Waals surface area contributed by atoms with Crippen molar-refractivity contribution in [1.82, 2.24) is 4.98 Å². The minimum absolute atomic E-state index is 0.132. The predicted molar refractivity (Wildman–Crippen MR) is 58.8 cm³/mol. The summed E-state index contributed by atoms with van der Waals surface area (Å²) in [6.07, 6.45) is 1.52. The van der Waals surface area contributed by atoms with Gasteiger partial charge >= 0.3 is 0 Å². The molecule has 15 heavy (non-hydrogen) atoms. The van der Waals surface area contributed by atoms with E-state index in [1.807, 2.05) is 0 Å². The molecule has 0 aliphatic heterocycles. The Balaban J connectivity index is 2.72. The SMILES string of the molecule is [B]C([B])(C)Oc1ccc([C@@H](N)CO)cn1. The second-order valence-electron chi connectivity index (χ2n) is 3.50. The molecule has 76 valence electrons. The predicted octanol–water partition coefficient (Wildman–Crippen LogP) is -0.537. The molecule has 0 bridgehead atoms. The van der Waals surface area contributed by atoms with Crippen molar-refractivity contribution < 1.29 is 9.84 Å². The van der Waals surface area contributed by atoms with Crippen LogP contribution in [0.2, 0.25) is 0 Å². The Morgan fingerprint density at radius 1 is 1.60 bits per heavy atom. The summed E-state index contributed by atoms with van der Waals surface area (Å²) in [7, 11) is 10.9. The molecule has 6 heteroatoms. The number of aliphatic hydroxyl groups is 1. The number of hydrogen-bond acceptors (Lipinski definition) is 4. The van der Waals surface area contributed by atoms with Crippen molar-refractivity contribution >= 4 is 15.7 Å². The van der Waals surface area contributed by atoms with Crippen LogP contribution in [0.15, 0.2) is 18.3 Å². The third kappa shape index (κ3) is 3.93. The average Bonchev–Trinajstić information content (AvgIpc) is 2.15. The van der Waals surface area contributed by atoms with Crippen LogP contribution in [0, 0.1) is 0 Å². The van der Waals surface area contributed by atoms with Crippen molar-refractivity contribution in [1.29, 1.82) is 0 Å². The van der Waals surface area contributed by atoms with Gasteiger partial charge in [0.2, 0.25) is 5.88 Å². The van der Waals surface area contributed by atoms with E-state index in [1.165, 1.54) is 13.1 Å². The second kappa shape index (κ2) is 4.68. The van der Waals surface area contributed by atoms with Gasteiger partial charge in [-0.3, -0.25) is 0 Å². The monoisotopic (exact) mass is 202 g/mol. The van der Waals surface area contributed by atoms with E-state index < -0.39 is 11.4 Å². The van der Waals surface area contributed by atoms with Crippen LogP contribution in [0.3, 0.4) is 0 Å². The highest BCUT2D eigenvalue weighted by Gasteiger charge is 2.12. The highest BCUT2D eigenvalue weighted by atomic mass is 16.5. The minimum Gasteiger partial charge on any atom is -0.492 e. The summed E-state index contributed by atoms with van der Waals surface area (Å²) in [5.74, 6) is 0.316. The molecule has 1 aromatic rings. The van der Waals surface area contributed by atoms with E-state index in [0.717, 1.165) is 5.56 Å². The second-order valence-corrected chi connectivity index (χ2v) is 3.50. The van der Waals surface area contributed by atoms with Crippen molar-refractivity contribution in [2.75, 3.05) is 6.61 Å². The Morgan fingerprint density at radius 3 is 2.67 bits per heavy atom. The molecule has 1 heterocycles. The molecular weight excluding hydrogens is 190 g/mol. The molecule has 0 amide bonds. The van der Waals surface area contributed by atoms with E-state index in [-0.39, 0.29) is 6.61 Å². The molecule has 0 aliphatic carbocycles. The lowest BCUT2D eigenvalue weighted by Crippen LogP contribution is -2.33. The molecule has 0 aliphatic rings. The summed E-state index contributed by atoms with van der Waals surface area (Å²) in [5, 5.41) is 7.56. The number of aromatic nitrogens is 1. The van der Waals surface area contributed by atoms with Gasteiger partial charge in [-0.2, -0.15) is 0 Å². The lowest BCUT2D eigenvalue weighted by atomic mass is 9.67. The van der Waals surface area contributed by atoms with Crippen molar-refractivity contribution in [3.8, 4) is 5.88 Å². The van der Waals surface area contributed by atoms with Gasteiger partial charge in [-0.25, -0.2) is 4.98 Å². The first-order valence-electron chi connectivity index (χ1n) is 4.51. The quantitative estimate of drug-likeness (QED) is 0.643. The van der Waals surface area contributed by atoms with Crippen LogP contribution in [0.25, 0.3) is 0 Å². The zero-order valence-electron chi connectivity index (χ0n) is 8.55. The Labute approximate surface area is 91.7 Å². The number of nitrogens with two attached hydrogens (primary N) is 1. The molecule has 1 rings (SSSR count). The molecule has 4 radical (unpaired) electrons. The Bertz CT molecular complexity index is 311. The first-order valence-corrected chi connectivity index (χ1v) is 4.51. The Kier molecular flexibility index (Phi) is 3.77. The summed E-state index contributed by atoms with van der Waals surface area (Å²) in [4.78, 5) is 3.96. The van der Waals surface area contributed by atoms with Crippen LogP contribution in [0.4, 0.5) is 0 Å². The number of pyridine rings is 1. The summed E-state index contributed by atoms with van der Waals surface area (Å²) in [5.41, 5.74) is 6.31. The zero-order chi connectivity index (χ0) is 11.5. The van der Waals surface area contributed by atoms with Crippen molar-refractivity contribution in [3.63, 3.8) is 0 Å². The maximum Gasteiger partial charge on any atom is 0.212 e. The lowest BCUT2D eigenvalue weighted by Gasteiger charge is -2.21. The summed E-state index contributed by atoms with van der Waals surface area (Å²) < 4.78 is 5.11. The number of nitrogens with zero attached hydrogens (tertiary/aromatic N) is 1. The average molecular weight is 202 g/mol. The molecule has 4 nitrogen and oxygen atoms in total. The molecule has 0 saturated carbocycles. The normalized spacial score (nSPS) is 13.5. The summed E-state index contributed by atoms with van der Waals surface area (Å²) >= 11 is 0. The van der Waals surface area contributed by atoms with Gasteiger partial charge in [0, 0.05) is 17.7 Å². The largest absolute Gasteiger partial charge is 0.492 e. The molecule has 0 aromatic carbocycles. The minimum atomic E-state index is -1.26. The maximum atomic E-state index is 8.82. The Morgan fingerprint density at radius 2 is 2.27 bits per heavy atom. The van der Waals surface area contributed by atoms with Crippen LogP contribution in [-0.2, 0) is 0 Å². The van der Waals surface area contributed by atoms with Crippen LogP contribution >= 0.6 is 0 Å². The highest BCUT2D eigenvalue weighted by molar-refractivity contribution is 6.38. The fourth-order valence-electron chi connectivity index (χ4n) is 1.00. The van der Waals surface area contributed by atoms with Crippen molar-refractivity contribution in [2.45, 2.75) is 18.4 Å². The van der Waals surface area contributed by atoms with Gasteiger partial charge < -0.3 is 15.6 Å². The van der Waals surface area contributed by atoms with E-state index in [2.05, 4.69) is 4.98 Å². The highest BCUT2D eigenvalue weighted by Crippen LogP contribution is 2.15. The lowest BCUT2D eigenvalue weighted by molar-refractivity contribution is 0.249. The fourth-order valence-corrected chi connectivity index (χ4v) is 1.00. The number of ether oxygens (including phenoxy) is 1. The van der Waals surface area contributed by atoms with Crippen LogP contribution in [0.1, 0.15) is 18.5 Å². The summed E-state index contributed by atoms with van der Waals surface area (Å²) in [6, 6.07) is 2.87. The van der Waals surface area contributed by atoms with Gasteiger partial charge in [0.25, 0.3) is 0 Å². The van der Waals surface area contributed by atoms with Crippen LogP contribution in [0.5, 0.6) is 5.88 Å². The van der Waals surface area contributed by atoms with E-state index >= 15 is 0 Å². The smallest absolute Gasteiger partial charge is 0.212 e. The van der Waals surface area contributed by atoms with E-state index in [4.69, 9.17) is 31.3 Å². The molecule has 0 saturated heterocycles. The first-order chi connectivity index (χ1) is 6.92. The van der Waals surface area contributed by atoms with E-state index in [1.54, 1.807) is 12.1 Å². The Hall–Kier alpha value is -1.00. The standard InChI is InChI=1S/C9H12B2N2O2/c1-9(10,11)15-8-3-2-6(4-13-8)7(12)5-14/h2-4,7,14H,5,12H2,1H3/t7-/m0/s1. The molecule has 0 unspecified atom stereocenters. The fraction of sp³-hybridized carbons (Fsp3) is 0.444. The van der Waals surface area contributed by atoms with Gasteiger partial charge in [0.15, 0.2) is 0 Å². The topological polar surface area (TPSA) is 68.4 Å². The van der Waals surface area contributed by atoms with Crippen molar-refractivity contribution in [3.05, 3.63) is 23.9 Å². The van der Waals surface area contributed by atoms with E-state index in [9.17, 15) is 0 Å². The first kappa shape index (κ1) is 12.1. The third-order valence-electron chi connectivity index (χ3n) is 1.71. The van der Waals surface area contributed by atoms with Gasteiger partial charge in [-0.15, -0.1) is 0 Å². The molecule has 0 spiro atoms. The van der Waals surface area contributed by atoms with Gasteiger partial charge in [0.1, 0.15) is 15.7 Å². The molecule has 1 aromatic heterocycles. The van der Waals surface area contributed by atoms with Gasteiger partial charge in [-0.05, 0) is 12.5 Å². The maximum absolute atomic E-state index is 8.82. The molecule has 3 N–H and O–H groups in total. The van der Waals surface area contributed by atoms with Gasteiger partial charge in [0.05, 0.1) is 12.6 Å². The third-order valence-corrected chi connectivity index (χ3v) is 1.71. The van der Waals surface area contributed by atoms with Crippen LogP contribution < -0.4 is 10.5 Å².